The Morgan fingerprint density at radius 1 is 1.00 bits per heavy atom. The molecule has 0 aliphatic carbocycles. The van der Waals surface area contributed by atoms with Gasteiger partial charge in [-0.2, -0.15) is 0 Å². The fraction of sp³-hybridized carbons (Fsp3) is 0.250. The quantitative estimate of drug-likeness (QED) is 0.421. The van der Waals surface area contributed by atoms with Gasteiger partial charge in [-0.15, -0.1) is 0 Å². The molecule has 1 unspecified atom stereocenters. The normalized spacial score (nSPS) is 16.1. The van der Waals surface area contributed by atoms with Gasteiger partial charge in [-0.3, -0.25) is 9.59 Å². The molecule has 0 saturated carbocycles. The minimum absolute atomic E-state index is 0.0163. The number of carboxylic acid groups (broad SMARTS) is 2. The zero-order valence-electron chi connectivity index (χ0n) is 18.6. The number of carbonyl (C=O) groups is 4. The van der Waals surface area contributed by atoms with Gasteiger partial charge in [0.05, 0.1) is 18.0 Å². The van der Waals surface area contributed by atoms with Crippen molar-refractivity contribution in [3.8, 4) is 0 Å². The molecule has 9 nitrogen and oxygen atoms in total. The molecule has 2 aromatic rings. The minimum Gasteiger partial charge on any atom is -0.478 e. The van der Waals surface area contributed by atoms with Crippen molar-refractivity contribution in [3.05, 3.63) is 77.4 Å². The lowest BCUT2D eigenvalue weighted by molar-refractivity contribution is -0.134. The van der Waals surface area contributed by atoms with E-state index >= 15 is 0 Å². The van der Waals surface area contributed by atoms with E-state index in [1.807, 2.05) is 56.3 Å². The molecule has 0 bridgehead atoms. The fourth-order valence-electron chi connectivity index (χ4n) is 3.36. The zero-order chi connectivity index (χ0) is 24.6. The molecule has 174 valence electrons. The van der Waals surface area contributed by atoms with Crippen LogP contribution in [0.5, 0.6) is 0 Å². The monoisotopic (exact) mass is 453 g/mol. The molecule has 1 heterocycles. The van der Waals surface area contributed by atoms with Gasteiger partial charge in [0.2, 0.25) is 11.8 Å². The highest BCUT2D eigenvalue weighted by molar-refractivity contribution is 5.92. The predicted octanol–water partition coefficient (Wildman–Crippen LogP) is 2.05. The van der Waals surface area contributed by atoms with Gasteiger partial charge < -0.3 is 26.2 Å². The van der Waals surface area contributed by atoms with E-state index in [0.717, 1.165) is 22.4 Å². The van der Waals surface area contributed by atoms with Gasteiger partial charge >= 0.3 is 11.9 Å². The number of hydrogen-bond donors (Lipinski definition) is 5. The first-order valence-electron chi connectivity index (χ1n) is 10.1. The van der Waals surface area contributed by atoms with Crippen LogP contribution in [0.15, 0.2) is 60.7 Å². The maximum absolute atomic E-state index is 12.6. The molecule has 9 heteroatoms. The van der Waals surface area contributed by atoms with E-state index in [9.17, 15) is 19.2 Å². The number of benzene rings is 2. The van der Waals surface area contributed by atoms with Crippen molar-refractivity contribution in [3.63, 3.8) is 0 Å². The average molecular weight is 453 g/mol. The maximum Gasteiger partial charge on any atom is 0.328 e. The van der Waals surface area contributed by atoms with Crippen molar-refractivity contribution >= 4 is 29.4 Å². The molecule has 0 aromatic heterocycles. The molecule has 1 atom stereocenters. The summed E-state index contributed by atoms with van der Waals surface area (Å²) in [4.78, 5) is 43.3. The van der Waals surface area contributed by atoms with Crippen LogP contribution in [0, 0.1) is 0 Å². The van der Waals surface area contributed by atoms with E-state index in [0.29, 0.717) is 12.2 Å². The Balaban J connectivity index is 0.000000414. The first-order valence-corrected chi connectivity index (χ1v) is 10.1. The van der Waals surface area contributed by atoms with Crippen molar-refractivity contribution in [1.82, 2.24) is 10.6 Å². The molecular formula is C24H27N3O6. The molecule has 1 aliphatic rings. The van der Waals surface area contributed by atoms with E-state index in [2.05, 4.69) is 22.0 Å². The van der Waals surface area contributed by atoms with Crippen LogP contribution in [0.3, 0.4) is 0 Å². The van der Waals surface area contributed by atoms with Gasteiger partial charge in [-0.25, -0.2) is 9.59 Å². The number of amides is 2. The third-order valence-corrected chi connectivity index (χ3v) is 5.02. The summed E-state index contributed by atoms with van der Waals surface area (Å²) in [6.07, 6.45) is 1.12. The van der Waals surface area contributed by atoms with Gasteiger partial charge in [0.25, 0.3) is 0 Å². The van der Waals surface area contributed by atoms with Crippen LogP contribution in [0.1, 0.15) is 36.6 Å². The van der Waals surface area contributed by atoms with Gasteiger partial charge in [-0.1, -0.05) is 36.4 Å². The highest BCUT2D eigenvalue weighted by Gasteiger charge is 2.39. The Labute approximate surface area is 191 Å². The number of carboxylic acids is 2. The third kappa shape index (κ3) is 6.75. The molecule has 0 fully saturated rings. The highest BCUT2D eigenvalue weighted by Crippen LogP contribution is 2.38. The third-order valence-electron chi connectivity index (χ3n) is 5.02. The van der Waals surface area contributed by atoms with Crippen molar-refractivity contribution in [1.29, 1.82) is 0 Å². The first kappa shape index (κ1) is 25.3. The van der Waals surface area contributed by atoms with E-state index in [1.165, 1.54) is 0 Å². The van der Waals surface area contributed by atoms with Crippen molar-refractivity contribution in [2.75, 3.05) is 18.9 Å². The summed E-state index contributed by atoms with van der Waals surface area (Å²) >= 11 is 0. The topological polar surface area (TPSA) is 145 Å². The Bertz CT molecular complexity index is 1040. The molecule has 0 spiro atoms. The Hall–Kier alpha value is -3.98. The summed E-state index contributed by atoms with van der Waals surface area (Å²) in [6, 6.07) is 15.5. The Morgan fingerprint density at radius 2 is 1.58 bits per heavy atom. The lowest BCUT2D eigenvalue weighted by Crippen LogP contribution is -2.47. The average Bonchev–Trinajstić information content (AvgIpc) is 2.76. The van der Waals surface area contributed by atoms with Gasteiger partial charge in [0.15, 0.2) is 0 Å². The van der Waals surface area contributed by atoms with Crippen LogP contribution in [-0.2, 0) is 24.6 Å². The number of fused-ring (bicyclic) bond motifs is 1. The van der Waals surface area contributed by atoms with Gasteiger partial charge in [-0.05, 0) is 49.7 Å². The van der Waals surface area contributed by atoms with Crippen LogP contribution in [-0.4, -0.2) is 47.6 Å². The summed E-state index contributed by atoms with van der Waals surface area (Å²) in [5, 5.41) is 24.4. The molecule has 1 aliphatic heterocycles. The minimum atomic E-state index is -1.26. The second-order valence-corrected chi connectivity index (χ2v) is 7.83. The molecule has 0 radical (unpaired) electrons. The first-order chi connectivity index (χ1) is 15.6. The SMILES string of the molecule is CNCC(=O)Nc1ccc(C2NC(=O)C(C)(C)c3ccccc32)cc1.O=C(O)/C=C\C(=O)O. The smallest absolute Gasteiger partial charge is 0.328 e. The standard InChI is InChI=1S/C20H23N3O2.C4H4O4/c1-20(2)16-7-5-4-6-15(16)18(23-19(20)25)13-8-10-14(11-9-13)22-17(24)12-21-3;5-3(6)1-2-4(7)8/h4-11,18,21H,12H2,1-3H3,(H,22,24)(H,23,25);1-2H,(H,5,6)(H,7,8)/b;2-1-. The molecule has 0 saturated heterocycles. The molecule has 3 rings (SSSR count). The highest BCUT2D eigenvalue weighted by atomic mass is 16.4. The van der Waals surface area contributed by atoms with E-state index in [-0.39, 0.29) is 24.4 Å². The second kappa shape index (κ2) is 11.1. The second-order valence-electron chi connectivity index (χ2n) is 7.83. The van der Waals surface area contributed by atoms with Gasteiger partial charge in [0, 0.05) is 17.8 Å². The predicted molar refractivity (Wildman–Crippen MR) is 123 cm³/mol. The maximum atomic E-state index is 12.6. The van der Waals surface area contributed by atoms with E-state index < -0.39 is 17.4 Å². The molecule has 2 amide bonds. The Morgan fingerprint density at radius 3 is 2.12 bits per heavy atom. The number of hydrogen-bond acceptors (Lipinski definition) is 5. The van der Waals surface area contributed by atoms with Crippen LogP contribution in [0.2, 0.25) is 0 Å². The molecule has 5 N–H and O–H groups in total. The zero-order valence-corrected chi connectivity index (χ0v) is 18.6. The van der Waals surface area contributed by atoms with E-state index in [1.54, 1.807) is 7.05 Å². The number of rotatable bonds is 6. The van der Waals surface area contributed by atoms with Crippen LogP contribution in [0.4, 0.5) is 5.69 Å². The van der Waals surface area contributed by atoms with Crippen molar-refractivity contribution in [2.45, 2.75) is 25.3 Å². The van der Waals surface area contributed by atoms with E-state index in [4.69, 9.17) is 10.2 Å². The summed E-state index contributed by atoms with van der Waals surface area (Å²) in [7, 11) is 1.73. The van der Waals surface area contributed by atoms with Crippen molar-refractivity contribution in [2.24, 2.45) is 0 Å². The summed E-state index contributed by atoms with van der Waals surface area (Å²) in [5.41, 5.74) is 3.34. The van der Waals surface area contributed by atoms with Crippen LogP contribution >= 0.6 is 0 Å². The molecule has 2 aromatic carbocycles. The van der Waals surface area contributed by atoms with Crippen molar-refractivity contribution < 1.29 is 29.4 Å². The number of nitrogens with one attached hydrogen (secondary N) is 3. The van der Waals surface area contributed by atoms with Crippen LogP contribution in [0.25, 0.3) is 0 Å². The molecular weight excluding hydrogens is 426 g/mol. The fourth-order valence-corrected chi connectivity index (χ4v) is 3.36. The number of aliphatic carboxylic acids is 2. The lowest BCUT2D eigenvalue weighted by Gasteiger charge is -2.37. The lowest BCUT2D eigenvalue weighted by atomic mass is 9.75. The Kier molecular flexibility index (Phi) is 8.47. The van der Waals surface area contributed by atoms with Crippen LogP contribution < -0.4 is 16.0 Å². The summed E-state index contributed by atoms with van der Waals surface area (Å²) in [6.45, 7) is 4.15. The number of likely N-dealkylation sites (N-methyl/N-ethyl adjacent to an activating group) is 1. The summed E-state index contributed by atoms with van der Waals surface area (Å²) in [5.74, 6) is -2.59. The largest absolute Gasteiger partial charge is 0.478 e. The summed E-state index contributed by atoms with van der Waals surface area (Å²) < 4.78 is 0. The number of anilines is 1. The van der Waals surface area contributed by atoms with Gasteiger partial charge in [0.1, 0.15) is 0 Å². The number of carbonyl (C=O) groups excluding carboxylic acids is 2. The molecule has 33 heavy (non-hydrogen) atoms.